The van der Waals surface area contributed by atoms with E-state index in [1.54, 1.807) is 0 Å². The second-order valence-electron chi connectivity index (χ2n) is 11.0. The Balaban J connectivity index is 1.46. The number of rotatable bonds is 2. The van der Waals surface area contributed by atoms with E-state index in [-0.39, 0.29) is 5.41 Å². The van der Waals surface area contributed by atoms with Crippen LogP contribution >= 0.6 is 0 Å². The normalized spacial score (nSPS) is 13.8. The van der Waals surface area contributed by atoms with E-state index in [2.05, 4.69) is 140 Å². The molecule has 39 heavy (non-hydrogen) atoms. The molecule has 2 heteroatoms. The van der Waals surface area contributed by atoms with Crippen molar-refractivity contribution >= 4 is 32.6 Å². The lowest BCUT2D eigenvalue weighted by atomic mass is 9.75. The fourth-order valence-electron chi connectivity index (χ4n) is 6.53. The van der Waals surface area contributed by atoms with Crippen LogP contribution in [0.15, 0.2) is 127 Å². The van der Waals surface area contributed by atoms with Crippen LogP contribution in [0.2, 0.25) is 0 Å². The zero-order valence-corrected chi connectivity index (χ0v) is 22.0. The molecular weight excluding hydrogens is 474 g/mol. The molecule has 7 aromatic rings. The van der Waals surface area contributed by atoms with Gasteiger partial charge >= 0.3 is 0 Å². The first-order valence-electron chi connectivity index (χ1n) is 13.5. The van der Waals surface area contributed by atoms with Gasteiger partial charge in [-0.2, -0.15) is 0 Å². The molecule has 2 heterocycles. The smallest absolute Gasteiger partial charge is 0.131 e. The van der Waals surface area contributed by atoms with Crippen LogP contribution in [0.25, 0.3) is 49.4 Å². The molecule has 6 aromatic carbocycles. The minimum Gasteiger partial charge on any atom is -0.457 e. The predicted octanol–water partition coefficient (Wildman–Crippen LogP) is 10.0. The highest BCUT2D eigenvalue weighted by molar-refractivity contribution is 6.25. The quantitative estimate of drug-likeness (QED) is 0.230. The maximum Gasteiger partial charge on any atom is 0.131 e. The van der Waals surface area contributed by atoms with Crippen molar-refractivity contribution in [1.82, 2.24) is 4.57 Å². The standard InChI is InChI=1S/C37H27NO/c1-37(2)29-16-8-9-18-33(29)39-34-22-20-25(23-30(34)37)28-15-10-17-31-36(28)35-27-14-7-6-11-24(27)19-21-32(35)38(31)26-12-4-3-5-13-26/h3-23H,1-2H3. The van der Waals surface area contributed by atoms with Gasteiger partial charge < -0.3 is 9.30 Å². The van der Waals surface area contributed by atoms with Crippen molar-refractivity contribution in [2.45, 2.75) is 19.3 Å². The van der Waals surface area contributed by atoms with Crippen molar-refractivity contribution in [3.05, 3.63) is 139 Å². The molecule has 0 N–H and O–H groups in total. The summed E-state index contributed by atoms with van der Waals surface area (Å²) in [5, 5.41) is 5.10. The number of ether oxygens (including phenoxy) is 1. The van der Waals surface area contributed by atoms with Crippen molar-refractivity contribution in [1.29, 1.82) is 0 Å². The Morgan fingerprint density at radius 1 is 0.564 bits per heavy atom. The lowest BCUT2D eigenvalue weighted by molar-refractivity contribution is 0.418. The van der Waals surface area contributed by atoms with Crippen LogP contribution in [0.1, 0.15) is 25.0 Å². The molecule has 1 aliphatic heterocycles. The summed E-state index contributed by atoms with van der Waals surface area (Å²) < 4.78 is 8.78. The molecule has 186 valence electrons. The first-order valence-corrected chi connectivity index (χ1v) is 13.5. The highest BCUT2D eigenvalue weighted by atomic mass is 16.5. The third-order valence-electron chi connectivity index (χ3n) is 8.44. The molecule has 0 bridgehead atoms. The maximum atomic E-state index is 6.38. The third-order valence-corrected chi connectivity index (χ3v) is 8.44. The van der Waals surface area contributed by atoms with Crippen LogP contribution < -0.4 is 4.74 Å². The van der Waals surface area contributed by atoms with E-state index in [0.29, 0.717) is 0 Å². The average Bonchev–Trinajstić information content (AvgIpc) is 3.33. The van der Waals surface area contributed by atoms with E-state index in [9.17, 15) is 0 Å². The van der Waals surface area contributed by atoms with E-state index in [1.807, 2.05) is 6.07 Å². The van der Waals surface area contributed by atoms with Gasteiger partial charge in [0.2, 0.25) is 0 Å². The van der Waals surface area contributed by atoms with Crippen molar-refractivity contribution in [3.8, 4) is 28.3 Å². The minimum absolute atomic E-state index is 0.168. The molecule has 1 aliphatic rings. The van der Waals surface area contributed by atoms with E-state index < -0.39 is 0 Å². The number of benzene rings is 6. The first kappa shape index (κ1) is 22.2. The van der Waals surface area contributed by atoms with Gasteiger partial charge in [-0.1, -0.05) is 98.8 Å². The Morgan fingerprint density at radius 3 is 2.21 bits per heavy atom. The average molecular weight is 502 g/mol. The van der Waals surface area contributed by atoms with Crippen molar-refractivity contribution < 1.29 is 4.74 Å². The number of para-hydroxylation sites is 2. The number of hydrogen-bond donors (Lipinski definition) is 0. The molecule has 0 saturated heterocycles. The largest absolute Gasteiger partial charge is 0.457 e. The van der Waals surface area contributed by atoms with Gasteiger partial charge in [0.05, 0.1) is 11.0 Å². The molecule has 0 aliphatic carbocycles. The molecular formula is C37H27NO. The summed E-state index contributed by atoms with van der Waals surface area (Å²) >= 11 is 0. The highest BCUT2D eigenvalue weighted by Gasteiger charge is 2.34. The second-order valence-corrected chi connectivity index (χ2v) is 11.0. The summed E-state index contributed by atoms with van der Waals surface area (Å²) in [5.41, 5.74) is 8.31. The molecule has 0 fully saturated rings. The molecule has 1 aromatic heterocycles. The Labute approximate surface area is 227 Å². The summed E-state index contributed by atoms with van der Waals surface area (Å²) in [6.07, 6.45) is 0. The SMILES string of the molecule is CC1(C)c2ccccc2Oc2ccc(-c3cccc4c3c3c5ccccc5ccc3n4-c3ccccc3)cc21. The van der Waals surface area contributed by atoms with Gasteiger partial charge in [0.1, 0.15) is 11.5 Å². The van der Waals surface area contributed by atoms with Crippen LogP contribution in [0, 0.1) is 0 Å². The van der Waals surface area contributed by atoms with Gasteiger partial charge in [0.15, 0.2) is 0 Å². The fraction of sp³-hybridized carbons (Fsp3) is 0.0811. The summed E-state index contributed by atoms with van der Waals surface area (Å²) in [7, 11) is 0. The van der Waals surface area contributed by atoms with E-state index in [0.717, 1.165) is 11.5 Å². The van der Waals surface area contributed by atoms with Gasteiger partial charge in [-0.3, -0.25) is 0 Å². The molecule has 0 saturated carbocycles. The minimum atomic E-state index is -0.168. The molecule has 0 atom stereocenters. The molecule has 8 rings (SSSR count). The summed E-state index contributed by atoms with van der Waals surface area (Å²) in [6, 6.07) is 45.7. The first-order chi connectivity index (χ1) is 19.1. The van der Waals surface area contributed by atoms with Gasteiger partial charge in [-0.25, -0.2) is 0 Å². The second kappa shape index (κ2) is 8.09. The van der Waals surface area contributed by atoms with Crippen LogP contribution in [-0.4, -0.2) is 4.57 Å². The van der Waals surface area contributed by atoms with Crippen molar-refractivity contribution in [2.24, 2.45) is 0 Å². The molecule has 2 nitrogen and oxygen atoms in total. The van der Waals surface area contributed by atoms with Crippen LogP contribution in [0.5, 0.6) is 11.5 Å². The van der Waals surface area contributed by atoms with Crippen LogP contribution in [-0.2, 0) is 5.41 Å². The topological polar surface area (TPSA) is 14.2 Å². The Bertz CT molecular complexity index is 2060. The lowest BCUT2D eigenvalue weighted by Gasteiger charge is -2.34. The van der Waals surface area contributed by atoms with E-state index in [4.69, 9.17) is 4.74 Å². The number of aromatic nitrogens is 1. The van der Waals surface area contributed by atoms with E-state index in [1.165, 1.54) is 60.5 Å². The molecule has 0 spiro atoms. The van der Waals surface area contributed by atoms with Crippen molar-refractivity contribution in [2.75, 3.05) is 0 Å². The van der Waals surface area contributed by atoms with Gasteiger partial charge in [0.25, 0.3) is 0 Å². The maximum absolute atomic E-state index is 6.38. The number of hydrogen-bond acceptors (Lipinski definition) is 1. The monoisotopic (exact) mass is 501 g/mol. The molecule has 0 amide bonds. The number of fused-ring (bicyclic) bond motifs is 7. The zero-order chi connectivity index (χ0) is 26.1. The van der Waals surface area contributed by atoms with Crippen LogP contribution in [0.4, 0.5) is 0 Å². The Hall–Kier alpha value is -4.82. The number of nitrogens with zero attached hydrogens (tertiary/aromatic N) is 1. The predicted molar refractivity (Wildman–Crippen MR) is 162 cm³/mol. The molecule has 0 unspecified atom stereocenters. The summed E-state index contributed by atoms with van der Waals surface area (Å²) in [4.78, 5) is 0. The van der Waals surface area contributed by atoms with Gasteiger partial charge in [0, 0.05) is 33.0 Å². The summed E-state index contributed by atoms with van der Waals surface area (Å²) in [5.74, 6) is 1.88. The highest BCUT2D eigenvalue weighted by Crippen LogP contribution is 2.49. The van der Waals surface area contributed by atoms with Gasteiger partial charge in [-0.15, -0.1) is 0 Å². The van der Waals surface area contributed by atoms with E-state index >= 15 is 0 Å². The lowest BCUT2D eigenvalue weighted by Crippen LogP contribution is -2.24. The summed E-state index contributed by atoms with van der Waals surface area (Å²) in [6.45, 7) is 4.60. The van der Waals surface area contributed by atoms with Gasteiger partial charge in [-0.05, 0) is 64.4 Å². The Kier molecular flexibility index (Phi) is 4.60. The molecule has 0 radical (unpaired) electrons. The Morgan fingerprint density at radius 2 is 1.31 bits per heavy atom. The fourth-order valence-corrected chi connectivity index (χ4v) is 6.53. The van der Waals surface area contributed by atoms with Crippen molar-refractivity contribution in [3.63, 3.8) is 0 Å². The van der Waals surface area contributed by atoms with Crippen LogP contribution in [0.3, 0.4) is 0 Å². The third kappa shape index (κ3) is 3.15. The zero-order valence-electron chi connectivity index (χ0n) is 22.0.